The molecule has 0 radical (unpaired) electrons. The van der Waals surface area contributed by atoms with Gasteiger partial charge in [0.15, 0.2) is 0 Å². The van der Waals surface area contributed by atoms with Crippen molar-refractivity contribution in [1.82, 2.24) is 14.9 Å². The fourth-order valence-electron chi connectivity index (χ4n) is 2.50. The van der Waals surface area contributed by atoms with Crippen LogP contribution in [0.5, 0.6) is 11.5 Å². The van der Waals surface area contributed by atoms with Crippen molar-refractivity contribution in [2.45, 2.75) is 19.6 Å². The molecule has 2 aromatic carbocycles. The number of alkyl halides is 2. The van der Waals surface area contributed by atoms with E-state index in [0.717, 1.165) is 0 Å². The number of fused-ring (bicyclic) bond motifs is 1. The average Bonchev–Trinajstić information content (AvgIpc) is 2.96. The Morgan fingerprint density at radius 2 is 1.90 bits per heavy atom. The van der Waals surface area contributed by atoms with Crippen LogP contribution in [0.2, 0.25) is 0 Å². The van der Waals surface area contributed by atoms with Crippen LogP contribution in [0, 0.1) is 0 Å². The van der Waals surface area contributed by atoms with E-state index >= 15 is 0 Å². The number of amides is 1. The molecule has 0 aliphatic carbocycles. The zero-order valence-electron chi connectivity index (χ0n) is 24.5. The Kier molecular flexibility index (Phi) is 3.11. The second-order valence-electron chi connectivity index (χ2n) is 6.07. The van der Waals surface area contributed by atoms with Crippen LogP contribution in [0.3, 0.4) is 0 Å². The molecule has 30 heavy (non-hydrogen) atoms. The minimum Gasteiger partial charge on any atom is -0.491 e. The van der Waals surface area contributed by atoms with E-state index in [1.54, 1.807) is 0 Å². The molecule has 1 aliphatic heterocycles. The number of carbonyl (C=O) groups excluding carboxylic acids is 1. The van der Waals surface area contributed by atoms with Crippen LogP contribution in [0.4, 0.5) is 8.78 Å². The van der Waals surface area contributed by atoms with Crippen LogP contribution in [0.15, 0.2) is 60.8 Å². The van der Waals surface area contributed by atoms with Crippen molar-refractivity contribution in [1.29, 1.82) is 0 Å². The number of nitrogens with zero attached hydrogens (tertiary/aromatic N) is 3. The molecule has 1 amide bonds. The SMILES string of the molecule is [2H]c1c([2H])c(-c2c([2H])c([2H])c3c(c2[2H])C(=O)N(Cc2ncccn2)C([2H])([2H])CO3)c([2H])c([2H])c1OC(C)(F)F. The first-order chi connectivity index (χ1) is 18.1. The summed E-state index contributed by atoms with van der Waals surface area (Å²) in [5.74, 6) is -2.74. The third-order valence-electron chi connectivity index (χ3n) is 3.76. The maximum absolute atomic E-state index is 13.7. The van der Waals surface area contributed by atoms with E-state index in [2.05, 4.69) is 14.7 Å². The quantitative estimate of drug-likeness (QED) is 0.620. The summed E-state index contributed by atoms with van der Waals surface area (Å²) in [6.45, 7) is -3.38. The van der Waals surface area contributed by atoms with Crippen LogP contribution in [0.25, 0.3) is 11.1 Å². The fraction of sp³-hybridized carbons (Fsp3) is 0.227. The van der Waals surface area contributed by atoms with Gasteiger partial charge in [-0.1, -0.05) is 18.1 Å². The van der Waals surface area contributed by atoms with Crippen LogP contribution in [-0.4, -0.2) is 40.0 Å². The van der Waals surface area contributed by atoms with Crippen molar-refractivity contribution < 1.29 is 35.4 Å². The normalized spacial score (nSPS) is 19.9. The molecule has 0 unspecified atom stereocenters. The van der Waals surface area contributed by atoms with Crippen LogP contribution in [0.1, 0.15) is 35.4 Å². The Balaban J connectivity index is 1.97. The highest BCUT2D eigenvalue weighted by Gasteiger charge is 2.25. The molecule has 0 saturated heterocycles. The van der Waals surface area contributed by atoms with E-state index in [0.29, 0.717) is 11.8 Å². The summed E-state index contributed by atoms with van der Waals surface area (Å²) in [5, 5.41) is 0. The van der Waals surface area contributed by atoms with E-state index in [9.17, 15) is 13.6 Å². The first kappa shape index (κ1) is 11.6. The zero-order chi connectivity index (χ0) is 29.0. The van der Waals surface area contributed by atoms with Gasteiger partial charge >= 0.3 is 6.11 Å². The van der Waals surface area contributed by atoms with Crippen LogP contribution in [-0.2, 0) is 6.54 Å². The number of carbonyl (C=O) groups is 1. The zero-order valence-corrected chi connectivity index (χ0v) is 15.5. The molecule has 1 aliphatic rings. The second kappa shape index (κ2) is 8.06. The Labute approximate surface area is 184 Å². The lowest BCUT2D eigenvalue weighted by molar-refractivity contribution is -0.158. The van der Waals surface area contributed by atoms with Crippen LogP contribution >= 0.6 is 0 Å². The molecule has 2 heterocycles. The number of hydrogen-bond acceptors (Lipinski definition) is 5. The number of rotatable bonds is 5. The molecular formula is C22H19F2N3O3. The van der Waals surface area contributed by atoms with E-state index in [1.165, 1.54) is 18.5 Å². The van der Waals surface area contributed by atoms with Gasteiger partial charge in [-0.25, -0.2) is 9.97 Å². The first-order valence-electron chi connectivity index (χ1n) is 13.1. The van der Waals surface area contributed by atoms with Gasteiger partial charge in [0.05, 0.1) is 30.9 Å². The van der Waals surface area contributed by atoms with E-state index in [1.807, 2.05) is 0 Å². The third kappa shape index (κ3) is 4.53. The predicted molar refractivity (Wildman–Crippen MR) is 105 cm³/mol. The smallest absolute Gasteiger partial charge is 0.394 e. The van der Waals surface area contributed by atoms with Gasteiger partial charge in [0.2, 0.25) is 0 Å². The molecule has 0 atom stereocenters. The molecule has 154 valence electrons. The monoisotopic (exact) mass is 420 g/mol. The lowest BCUT2D eigenvalue weighted by atomic mass is 10.0. The fourth-order valence-corrected chi connectivity index (χ4v) is 2.50. The molecule has 0 bridgehead atoms. The molecule has 3 aromatic rings. The Bertz CT molecular complexity index is 1460. The van der Waals surface area contributed by atoms with E-state index in [-0.39, 0.29) is 5.82 Å². The molecule has 4 rings (SSSR count). The molecule has 0 N–H and O–H groups in total. The molecule has 6 nitrogen and oxygen atoms in total. The molecule has 0 spiro atoms. The second-order valence-corrected chi connectivity index (χ2v) is 6.07. The standard InChI is InChI=1S/C22H19F2N3O3/c1-22(23,24)30-17-6-3-15(4-7-17)16-5-8-19-18(13-16)21(28)27(11-12-29-19)14-20-25-9-2-10-26-20/h2-10,13H,11-12,14H2,1H3/i3D,4D,5D,6D,7D,8D,11D2,13D. The van der Waals surface area contributed by atoms with Gasteiger partial charge in [-0.3, -0.25) is 4.79 Å². The summed E-state index contributed by atoms with van der Waals surface area (Å²) in [4.78, 5) is 22.3. The summed E-state index contributed by atoms with van der Waals surface area (Å²) in [6.07, 6.45) is -1.10. The summed E-state index contributed by atoms with van der Waals surface area (Å²) >= 11 is 0. The largest absolute Gasteiger partial charge is 0.491 e. The molecule has 0 saturated carbocycles. The molecule has 1 aromatic heterocycles. The minimum absolute atomic E-state index is 0.0519. The lowest BCUT2D eigenvalue weighted by Gasteiger charge is -2.19. The molecule has 8 heteroatoms. The number of benzene rings is 2. The highest BCUT2D eigenvalue weighted by Crippen LogP contribution is 2.31. The number of ether oxygens (including phenoxy) is 2. The van der Waals surface area contributed by atoms with Gasteiger partial charge < -0.3 is 14.4 Å². The van der Waals surface area contributed by atoms with Gasteiger partial charge in [0.1, 0.15) is 23.9 Å². The van der Waals surface area contributed by atoms with E-state index in [4.69, 9.17) is 17.1 Å². The lowest BCUT2D eigenvalue weighted by Crippen LogP contribution is -2.32. The summed E-state index contributed by atoms with van der Waals surface area (Å²) < 4.78 is 112. The van der Waals surface area contributed by atoms with Gasteiger partial charge in [0.25, 0.3) is 5.91 Å². The number of halogens is 2. The van der Waals surface area contributed by atoms with Crippen LogP contribution < -0.4 is 9.47 Å². The third-order valence-corrected chi connectivity index (χ3v) is 3.76. The Hall–Kier alpha value is -3.55. The van der Waals surface area contributed by atoms with Gasteiger partial charge in [-0.05, 0) is 41.4 Å². The summed E-state index contributed by atoms with van der Waals surface area (Å²) in [6, 6.07) is -4.91. The highest BCUT2D eigenvalue weighted by atomic mass is 19.3. The van der Waals surface area contributed by atoms with Crippen molar-refractivity contribution >= 4 is 5.91 Å². The maximum Gasteiger partial charge on any atom is 0.394 e. The number of hydrogen-bond donors (Lipinski definition) is 0. The van der Waals surface area contributed by atoms with Gasteiger partial charge in [0, 0.05) is 19.3 Å². The van der Waals surface area contributed by atoms with E-state index < -0.39 is 102 Å². The minimum atomic E-state index is -3.85. The Morgan fingerprint density at radius 1 is 1.20 bits per heavy atom. The Morgan fingerprint density at radius 3 is 2.60 bits per heavy atom. The topological polar surface area (TPSA) is 64.6 Å². The highest BCUT2D eigenvalue weighted by molar-refractivity contribution is 5.98. The van der Waals surface area contributed by atoms with Crippen molar-refractivity contribution in [3.8, 4) is 22.6 Å². The van der Waals surface area contributed by atoms with Crippen molar-refractivity contribution in [2.75, 3.05) is 13.1 Å². The first-order valence-corrected chi connectivity index (χ1v) is 8.58. The number of aromatic nitrogens is 2. The molecule has 0 fully saturated rings. The van der Waals surface area contributed by atoms with Gasteiger partial charge in [-0.2, -0.15) is 8.78 Å². The van der Waals surface area contributed by atoms with Crippen molar-refractivity contribution in [3.05, 3.63) is 72.1 Å². The van der Waals surface area contributed by atoms with Gasteiger partial charge in [-0.15, -0.1) is 0 Å². The predicted octanol–water partition coefficient (Wildman–Crippen LogP) is 4.17. The summed E-state index contributed by atoms with van der Waals surface area (Å²) in [7, 11) is 0. The maximum atomic E-state index is 13.7. The van der Waals surface area contributed by atoms with Crippen molar-refractivity contribution in [2.24, 2.45) is 0 Å². The summed E-state index contributed by atoms with van der Waals surface area (Å²) in [5.41, 5.74) is -2.05. The molecular weight excluding hydrogens is 392 g/mol. The van der Waals surface area contributed by atoms with Crippen molar-refractivity contribution in [3.63, 3.8) is 0 Å². The average molecular weight is 420 g/mol.